The predicted molar refractivity (Wildman–Crippen MR) is 203 cm³/mol. The molecule has 0 aliphatic heterocycles. The maximum atomic E-state index is 2.49. The quantitative estimate of drug-likeness (QED) is 0.188. The molecule has 2 nitrogen and oxygen atoms in total. The van der Waals surface area contributed by atoms with Crippen LogP contribution in [0, 0.1) is 0 Å². The molecule has 2 aromatic heterocycles. The van der Waals surface area contributed by atoms with Crippen LogP contribution in [0.5, 0.6) is 0 Å². The van der Waals surface area contributed by atoms with Gasteiger partial charge in [-0.1, -0.05) is 140 Å². The van der Waals surface area contributed by atoms with E-state index < -0.39 is 0 Å². The summed E-state index contributed by atoms with van der Waals surface area (Å²) in [7, 11) is 0. The largest absolute Gasteiger partial charge is 0.309 e. The second-order valence-corrected chi connectivity index (χ2v) is 12.6. The normalized spacial score (nSPS) is 11.8. The number of benzene rings is 8. The molecule has 2 heteroatoms. The van der Waals surface area contributed by atoms with Gasteiger partial charge in [0, 0.05) is 38.5 Å². The lowest BCUT2D eigenvalue weighted by molar-refractivity contribution is 1.16. The van der Waals surface area contributed by atoms with Crippen molar-refractivity contribution >= 4 is 54.4 Å². The number of rotatable bonds is 4. The van der Waals surface area contributed by atoms with Crippen molar-refractivity contribution in [3.63, 3.8) is 0 Å². The monoisotopic (exact) mass is 610 g/mol. The van der Waals surface area contributed by atoms with E-state index in [1.54, 1.807) is 0 Å². The molecule has 8 aromatic carbocycles. The molecule has 48 heavy (non-hydrogen) atoms. The summed E-state index contributed by atoms with van der Waals surface area (Å²) in [4.78, 5) is 0. The third-order valence-electron chi connectivity index (χ3n) is 9.89. The van der Waals surface area contributed by atoms with Crippen LogP contribution in [0.3, 0.4) is 0 Å². The van der Waals surface area contributed by atoms with Crippen molar-refractivity contribution in [2.24, 2.45) is 0 Å². The molecule has 2 heterocycles. The molecule has 0 saturated heterocycles. The Morgan fingerprint density at radius 2 is 0.812 bits per heavy atom. The zero-order valence-electron chi connectivity index (χ0n) is 26.2. The van der Waals surface area contributed by atoms with Gasteiger partial charge in [-0.3, -0.25) is 0 Å². The predicted octanol–water partition coefficient (Wildman–Crippen LogP) is 12.4. The molecule has 0 aliphatic carbocycles. The van der Waals surface area contributed by atoms with Gasteiger partial charge in [-0.2, -0.15) is 0 Å². The fraction of sp³-hybridized carbons (Fsp3) is 0. The Balaban J connectivity index is 1.29. The summed E-state index contributed by atoms with van der Waals surface area (Å²) in [6, 6.07) is 66.2. The van der Waals surface area contributed by atoms with Crippen LogP contribution in [0.15, 0.2) is 182 Å². The van der Waals surface area contributed by atoms with Crippen LogP contribution in [-0.4, -0.2) is 9.13 Å². The third kappa shape index (κ3) is 4.00. The Hall–Kier alpha value is -6.38. The zero-order chi connectivity index (χ0) is 31.6. The Morgan fingerprint density at radius 1 is 0.292 bits per heavy atom. The molecule has 0 saturated carbocycles. The van der Waals surface area contributed by atoms with Crippen molar-refractivity contribution < 1.29 is 0 Å². The van der Waals surface area contributed by atoms with E-state index in [4.69, 9.17) is 0 Å². The minimum Gasteiger partial charge on any atom is -0.309 e. The summed E-state index contributed by atoms with van der Waals surface area (Å²) in [5.41, 5.74) is 12.0. The molecule has 0 amide bonds. The summed E-state index contributed by atoms with van der Waals surface area (Å²) >= 11 is 0. The van der Waals surface area contributed by atoms with E-state index in [0.29, 0.717) is 0 Å². The van der Waals surface area contributed by atoms with Crippen molar-refractivity contribution in [2.75, 3.05) is 0 Å². The third-order valence-corrected chi connectivity index (χ3v) is 9.89. The maximum absolute atomic E-state index is 2.49. The van der Waals surface area contributed by atoms with Gasteiger partial charge in [-0.25, -0.2) is 0 Å². The number of para-hydroxylation sites is 2. The highest BCUT2D eigenvalue weighted by atomic mass is 15.0. The summed E-state index contributed by atoms with van der Waals surface area (Å²) in [6.45, 7) is 0. The highest BCUT2D eigenvalue weighted by Gasteiger charge is 2.21. The molecule has 0 radical (unpaired) electrons. The van der Waals surface area contributed by atoms with Gasteiger partial charge >= 0.3 is 0 Å². The first-order chi connectivity index (χ1) is 23.8. The van der Waals surface area contributed by atoms with E-state index in [9.17, 15) is 0 Å². The maximum Gasteiger partial charge on any atom is 0.0625 e. The van der Waals surface area contributed by atoms with Crippen molar-refractivity contribution in [1.82, 2.24) is 9.13 Å². The van der Waals surface area contributed by atoms with Crippen molar-refractivity contribution in [3.8, 4) is 33.6 Å². The SMILES string of the molecule is c1ccc(-c2ccc(-n3c4ccccc4c4ccc(-n5c6ccccc6c6cc7ccccc7c(-c7ccccc7)c65)cc43)cc2)cc1. The van der Waals surface area contributed by atoms with Crippen LogP contribution in [0.1, 0.15) is 0 Å². The van der Waals surface area contributed by atoms with Crippen molar-refractivity contribution in [2.45, 2.75) is 0 Å². The molecule has 224 valence electrons. The Kier molecular flexibility index (Phi) is 5.91. The second kappa shape index (κ2) is 10.6. The molecule has 0 fully saturated rings. The summed E-state index contributed by atoms with van der Waals surface area (Å²) in [5.74, 6) is 0. The van der Waals surface area contributed by atoms with Crippen molar-refractivity contribution in [3.05, 3.63) is 182 Å². The van der Waals surface area contributed by atoms with E-state index in [1.165, 1.54) is 76.6 Å². The number of nitrogens with zero attached hydrogens (tertiary/aromatic N) is 2. The van der Waals surface area contributed by atoms with Gasteiger partial charge in [0.2, 0.25) is 0 Å². The smallest absolute Gasteiger partial charge is 0.0625 e. The molecule has 0 bridgehead atoms. The molecule has 10 rings (SSSR count). The summed E-state index contributed by atoms with van der Waals surface area (Å²) < 4.78 is 4.91. The van der Waals surface area contributed by atoms with E-state index in [1.807, 2.05) is 0 Å². The minimum absolute atomic E-state index is 1.14. The number of hydrogen-bond donors (Lipinski definition) is 0. The molecular formula is C46H30N2. The molecule has 10 aromatic rings. The van der Waals surface area contributed by atoms with Crippen LogP contribution in [0.25, 0.3) is 88.0 Å². The average Bonchev–Trinajstić information content (AvgIpc) is 3.67. The first kappa shape index (κ1) is 26.8. The Bertz CT molecular complexity index is 2800. The van der Waals surface area contributed by atoms with Gasteiger partial charge in [-0.15, -0.1) is 0 Å². The van der Waals surface area contributed by atoms with Crippen LogP contribution in [0.2, 0.25) is 0 Å². The van der Waals surface area contributed by atoms with Gasteiger partial charge in [0.05, 0.1) is 22.1 Å². The lowest BCUT2D eigenvalue weighted by Gasteiger charge is -2.15. The topological polar surface area (TPSA) is 9.86 Å². The molecule has 0 spiro atoms. The number of aromatic nitrogens is 2. The molecule has 0 N–H and O–H groups in total. The highest BCUT2D eigenvalue weighted by molar-refractivity contribution is 6.21. The van der Waals surface area contributed by atoms with Crippen molar-refractivity contribution in [1.29, 1.82) is 0 Å². The standard InChI is InChI=1S/C46H30N2/c1-3-13-31(14-4-1)32-23-25-35(26-24-32)47-42-21-11-9-19-38(42)40-28-27-36(30-44(40)47)48-43-22-12-10-20-39(43)41-29-34-17-7-8-18-37(34)45(46(41)48)33-15-5-2-6-16-33/h1-30H. The van der Waals surface area contributed by atoms with Crippen LogP contribution in [0.4, 0.5) is 0 Å². The van der Waals surface area contributed by atoms with Gasteiger partial charge < -0.3 is 9.13 Å². The summed E-state index contributed by atoms with van der Waals surface area (Å²) in [6.07, 6.45) is 0. The van der Waals surface area contributed by atoms with Gasteiger partial charge in [-0.05, 0) is 69.9 Å². The van der Waals surface area contributed by atoms with Crippen LogP contribution >= 0.6 is 0 Å². The zero-order valence-corrected chi connectivity index (χ0v) is 26.2. The van der Waals surface area contributed by atoms with E-state index in [0.717, 1.165) is 11.4 Å². The van der Waals surface area contributed by atoms with E-state index >= 15 is 0 Å². The first-order valence-corrected chi connectivity index (χ1v) is 16.5. The first-order valence-electron chi connectivity index (χ1n) is 16.5. The van der Waals surface area contributed by atoms with Gasteiger partial charge in [0.15, 0.2) is 0 Å². The lowest BCUT2D eigenvalue weighted by atomic mass is 9.95. The number of hydrogen-bond acceptors (Lipinski definition) is 0. The average molecular weight is 611 g/mol. The molecular weight excluding hydrogens is 581 g/mol. The molecule has 0 aliphatic rings. The van der Waals surface area contributed by atoms with Gasteiger partial charge in [0.1, 0.15) is 0 Å². The van der Waals surface area contributed by atoms with E-state index in [2.05, 4.69) is 191 Å². The fourth-order valence-electron chi connectivity index (χ4n) is 7.77. The summed E-state index contributed by atoms with van der Waals surface area (Å²) in [5, 5.41) is 7.53. The minimum atomic E-state index is 1.14. The number of fused-ring (bicyclic) bond motifs is 7. The lowest BCUT2D eigenvalue weighted by Crippen LogP contribution is -1.98. The van der Waals surface area contributed by atoms with E-state index in [-0.39, 0.29) is 0 Å². The van der Waals surface area contributed by atoms with Crippen LogP contribution in [-0.2, 0) is 0 Å². The fourth-order valence-corrected chi connectivity index (χ4v) is 7.77. The molecule has 0 atom stereocenters. The second-order valence-electron chi connectivity index (χ2n) is 12.6. The van der Waals surface area contributed by atoms with Crippen LogP contribution < -0.4 is 0 Å². The molecule has 0 unspecified atom stereocenters. The Morgan fingerprint density at radius 3 is 1.54 bits per heavy atom. The van der Waals surface area contributed by atoms with Gasteiger partial charge in [0.25, 0.3) is 0 Å². The highest BCUT2D eigenvalue weighted by Crippen LogP contribution is 2.43. The Labute approximate surface area is 278 Å².